The summed E-state index contributed by atoms with van der Waals surface area (Å²) in [5.41, 5.74) is -0.952. The summed E-state index contributed by atoms with van der Waals surface area (Å²) in [6.07, 6.45) is 2.31. The summed E-state index contributed by atoms with van der Waals surface area (Å²) in [6.45, 7) is 0. The Labute approximate surface area is 121 Å². The second-order valence-corrected chi connectivity index (χ2v) is 5.02. The van der Waals surface area contributed by atoms with Gasteiger partial charge in [-0.05, 0) is 25.0 Å². The van der Waals surface area contributed by atoms with Gasteiger partial charge < -0.3 is 20.5 Å². The van der Waals surface area contributed by atoms with Crippen LogP contribution < -0.4 is 15.4 Å². The molecule has 2 amide bonds. The fraction of sp³-hybridized carbons (Fsp3) is 0.429. The van der Waals surface area contributed by atoms with Crippen molar-refractivity contribution >= 4 is 17.7 Å². The van der Waals surface area contributed by atoms with Crippen molar-refractivity contribution in [3.8, 4) is 5.75 Å². The minimum absolute atomic E-state index is 0.168. The summed E-state index contributed by atoms with van der Waals surface area (Å²) < 4.78 is 18.1. The summed E-state index contributed by atoms with van der Waals surface area (Å²) in [6, 6.07) is 3.03. The number of urea groups is 1. The number of amides is 2. The summed E-state index contributed by atoms with van der Waals surface area (Å²) >= 11 is 0. The Morgan fingerprint density at radius 3 is 2.57 bits per heavy atom. The van der Waals surface area contributed by atoms with Crippen molar-refractivity contribution in [2.45, 2.75) is 31.2 Å². The standard InChI is InChI=1S/C14H17FN2O4/c1-21-11-8-9(15)4-5-10(11)16-13(20)17-14(12(18)19)6-2-3-7-14/h4-5,8H,2-3,6-7H2,1H3,(H,18,19)(H2,16,17,20). The van der Waals surface area contributed by atoms with E-state index < -0.39 is 23.4 Å². The number of carboxylic acids is 1. The predicted octanol–water partition coefficient (Wildman–Crippen LogP) is 2.35. The van der Waals surface area contributed by atoms with E-state index in [4.69, 9.17) is 4.74 Å². The van der Waals surface area contributed by atoms with E-state index in [0.717, 1.165) is 18.9 Å². The van der Waals surface area contributed by atoms with Gasteiger partial charge in [-0.3, -0.25) is 0 Å². The molecule has 1 aliphatic carbocycles. The Hall–Kier alpha value is -2.31. The molecule has 2 rings (SSSR count). The highest BCUT2D eigenvalue weighted by Crippen LogP contribution is 2.30. The molecule has 6 nitrogen and oxygen atoms in total. The molecule has 0 saturated heterocycles. The second-order valence-electron chi connectivity index (χ2n) is 5.02. The molecule has 1 saturated carbocycles. The first-order valence-electron chi connectivity index (χ1n) is 6.63. The molecular formula is C14H17FN2O4. The van der Waals surface area contributed by atoms with Gasteiger partial charge >= 0.3 is 12.0 Å². The molecule has 0 bridgehead atoms. The molecule has 0 unspecified atom stereocenters. The quantitative estimate of drug-likeness (QED) is 0.796. The molecule has 1 aliphatic rings. The molecule has 0 heterocycles. The van der Waals surface area contributed by atoms with Crippen molar-refractivity contribution in [3.63, 3.8) is 0 Å². The summed E-state index contributed by atoms with van der Waals surface area (Å²) in [4.78, 5) is 23.4. The van der Waals surface area contributed by atoms with E-state index in [-0.39, 0.29) is 11.4 Å². The largest absolute Gasteiger partial charge is 0.494 e. The highest BCUT2D eigenvalue weighted by atomic mass is 19.1. The number of carbonyl (C=O) groups excluding carboxylic acids is 1. The van der Waals surface area contributed by atoms with Crippen LogP contribution in [0.15, 0.2) is 18.2 Å². The average molecular weight is 296 g/mol. The maximum atomic E-state index is 13.1. The van der Waals surface area contributed by atoms with E-state index in [1.54, 1.807) is 0 Å². The zero-order valence-electron chi connectivity index (χ0n) is 11.6. The molecule has 0 aliphatic heterocycles. The number of halogens is 1. The van der Waals surface area contributed by atoms with Crippen LogP contribution in [0.2, 0.25) is 0 Å². The number of carboxylic acid groups (broad SMARTS) is 1. The fourth-order valence-electron chi connectivity index (χ4n) is 2.51. The number of anilines is 1. The lowest BCUT2D eigenvalue weighted by atomic mass is 9.98. The van der Waals surface area contributed by atoms with Gasteiger partial charge in [0.15, 0.2) is 0 Å². The first-order valence-corrected chi connectivity index (χ1v) is 6.63. The number of nitrogens with one attached hydrogen (secondary N) is 2. The molecule has 21 heavy (non-hydrogen) atoms. The number of rotatable bonds is 4. The molecule has 3 N–H and O–H groups in total. The van der Waals surface area contributed by atoms with Gasteiger partial charge in [-0.2, -0.15) is 0 Å². The van der Waals surface area contributed by atoms with Crippen molar-refractivity contribution in [1.82, 2.24) is 5.32 Å². The average Bonchev–Trinajstić information content (AvgIpc) is 2.90. The van der Waals surface area contributed by atoms with Crippen LogP contribution in [0, 0.1) is 5.82 Å². The number of hydrogen-bond acceptors (Lipinski definition) is 3. The van der Waals surface area contributed by atoms with Crippen LogP contribution in [-0.4, -0.2) is 29.8 Å². The number of aliphatic carboxylic acids is 1. The Kier molecular flexibility index (Phi) is 4.30. The van der Waals surface area contributed by atoms with E-state index in [1.807, 2.05) is 0 Å². The molecule has 114 valence electrons. The first-order chi connectivity index (χ1) is 9.97. The molecule has 0 radical (unpaired) electrons. The van der Waals surface area contributed by atoms with Crippen LogP contribution in [0.3, 0.4) is 0 Å². The Morgan fingerprint density at radius 1 is 1.33 bits per heavy atom. The zero-order valence-corrected chi connectivity index (χ0v) is 11.6. The van der Waals surface area contributed by atoms with E-state index in [1.165, 1.54) is 19.2 Å². The third-order valence-corrected chi connectivity index (χ3v) is 3.63. The maximum Gasteiger partial charge on any atom is 0.329 e. The molecule has 0 aromatic heterocycles. The van der Waals surface area contributed by atoms with Gasteiger partial charge in [0.25, 0.3) is 0 Å². The second kappa shape index (κ2) is 5.99. The summed E-state index contributed by atoms with van der Waals surface area (Å²) in [5.74, 6) is -1.36. The lowest BCUT2D eigenvalue weighted by Crippen LogP contribution is -2.53. The highest BCUT2D eigenvalue weighted by Gasteiger charge is 2.42. The smallest absolute Gasteiger partial charge is 0.329 e. The van der Waals surface area contributed by atoms with Crippen LogP contribution in [0.5, 0.6) is 5.75 Å². The van der Waals surface area contributed by atoms with E-state index >= 15 is 0 Å². The first kappa shape index (κ1) is 15.1. The van der Waals surface area contributed by atoms with Crippen molar-refractivity contribution in [2.75, 3.05) is 12.4 Å². The predicted molar refractivity (Wildman–Crippen MR) is 73.9 cm³/mol. The Morgan fingerprint density at radius 2 is 2.00 bits per heavy atom. The van der Waals surface area contributed by atoms with Gasteiger partial charge in [0.1, 0.15) is 17.1 Å². The molecule has 1 aromatic rings. The van der Waals surface area contributed by atoms with E-state index in [9.17, 15) is 19.1 Å². The van der Waals surface area contributed by atoms with Crippen molar-refractivity contribution in [3.05, 3.63) is 24.0 Å². The third-order valence-electron chi connectivity index (χ3n) is 3.63. The number of hydrogen-bond donors (Lipinski definition) is 3. The number of carbonyl (C=O) groups is 2. The SMILES string of the molecule is COc1cc(F)ccc1NC(=O)NC1(C(=O)O)CCCC1. The Balaban J connectivity index is 2.10. The zero-order chi connectivity index (χ0) is 15.5. The van der Waals surface area contributed by atoms with Gasteiger partial charge in [-0.25, -0.2) is 14.0 Å². The third kappa shape index (κ3) is 3.24. The van der Waals surface area contributed by atoms with Crippen LogP contribution in [0.1, 0.15) is 25.7 Å². The topological polar surface area (TPSA) is 87.7 Å². The molecule has 0 spiro atoms. The van der Waals surface area contributed by atoms with Gasteiger partial charge in [-0.15, -0.1) is 0 Å². The molecule has 1 aromatic carbocycles. The molecule has 0 atom stereocenters. The van der Waals surface area contributed by atoms with Crippen LogP contribution in [-0.2, 0) is 4.79 Å². The number of benzene rings is 1. The fourth-order valence-corrected chi connectivity index (χ4v) is 2.51. The minimum Gasteiger partial charge on any atom is -0.494 e. The van der Waals surface area contributed by atoms with Crippen molar-refractivity contribution in [2.24, 2.45) is 0 Å². The Bertz CT molecular complexity index is 556. The molecule has 7 heteroatoms. The van der Waals surface area contributed by atoms with Gasteiger partial charge in [0.2, 0.25) is 0 Å². The normalized spacial score (nSPS) is 16.3. The van der Waals surface area contributed by atoms with Gasteiger partial charge in [0.05, 0.1) is 12.8 Å². The lowest BCUT2D eigenvalue weighted by molar-refractivity contribution is -0.144. The highest BCUT2D eigenvalue weighted by molar-refractivity contribution is 5.95. The molecular weight excluding hydrogens is 279 g/mol. The van der Waals surface area contributed by atoms with Crippen molar-refractivity contribution < 1.29 is 23.8 Å². The van der Waals surface area contributed by atoms with Gasteiger partial charge in [-0.1, -0.05) is 12.8 Å². The lowest BCUT2D eigenvalue weighted by Gasteiger charge is -2.25. The minimum atomic E-state index is -1.22. The summed E-state index contributed by atoms with van der Waals surface area (Å²) in [5, 5.41) is 14.3. The number of ether oxygens (including phenoxy) is 1. The van der Waals surface area contributed by atoms with Crippen LogP contribution in [0.25, 0.3) is 0 Å². The van der Waals surface area contributed by atoms with E-state index in [0.29, 0.717) is 12.8 Å². The summed E-state index contributed by atoms with van der Waals surface area (Å²) in [7, 11) is 1.35. The maximum absolute atomic E-state index is 13.1. The van der Waals surface area contributed by atoms with Crippen molar-refractivity contribution in [1.29, 1.82) is 0 Å². The van der Waals surface area contributed by atoms with Crippen LogP contribution >= 0.6 is 0 Å². The molecule has 1 fully saturated rings. The van der Waals surface area contributed by atoms with Gasteiger partial charge in [0, 0.05) is 6.07 Å². The van der Waals surface area contributed by atoms with Crippen LogP contribution in [0.4, 0.5) is 14.9 Å². The van der Waals surface area contributed by atoms with E-state index in [2.05, 4.69) is 10.6 Å². The monoisotopic (exact) mass is 296 g/mol. The number of methoxy groups -OCH3 is 1.